The van der Waals surface area contributed by atoms with Crippen molar-refractivity contribution >= 4 is 10.2 Å². The van der Waals surface area contributed by atoms with Gasteiger partial charge >= 0.3 is 10.2 Å². The largest absolute Gasteiger partial charge is 0.492 e. The molecule has 1 aromatic rings. The van der Waals surface area contributed by atoms with Gasteiger partial charge in [0.1, 0.15) is 5.82 Å². The molecule has 0 heterocycles. The van der Waals surface area contributed by atoms with Crippen LogP contribution in [0.1, 0.15) is 0 Å². The van der Waals surface area contributed by atoms with Crippen molar-refractivity contribution in [1.82, 2.24) is 0 Å². The van der Waals surface area contributed by atoms with Crippen molar-refractivity contribution in [1.29, 1.82) is 0 Å². The highest BCUT2D eigenvalue weighted by atomic mass is 32.3. The van der Waals surface area contributed by atoms with Gasteiger partial charge in [0.05, 0.1) is 7.11 Å². The van der Waals surface area contributed by atoms with E-state index in [0.29, 0.717) is 12.1 Å². The van der Waals surface area contributed by atoms with E-state index in [0.717, 1.165) is 7.11 Å². The molecule has 0 fully saturated rings. The topological polar surface area (TPSA) is 43.4 Å². The SMILES string of the molecule is COc1c(F)ccc(F)c1S(=O)(=O)F. The van der Waals surface area contributed by atoms with Crippen LogP contribution in [0.2, 0.25) is 0 Å². The minimum atomic E-state index is -5.34. The van der Waals surface area contributed by atoms with Crippen molar-refractivity contribution in [2.45, 2.75) is 4.90 Å². The Morgan fingerprint density at radius 1 is 1.21 bits per heavy atom. The van der Waals surface area contributed by atoms with Crippen LogP contribution in [0.5, 0.6) is 5.75 Å². The van der Waals surface area contributed by atoms with Crippen molar-refractivity contribution in [3.05, 3.63) is 23.8 Å². The quantitative estimate of drug-likeness (QED) is 0.720. The van der Waals surface area contributed by atoms with Crippen molar-refractivity contribution < 1.29 is 25.8 Å². The molecule has 0 saturated heterocycles. The summed E-state index contributed by atoms with van der Waals surface area (Å²) >= 11 is 0. The minimum absolute atomic E-state index is 0.504. The summed E-state index contributed by atoms with van der Waals surface area (Å²) in [5, 5.41) is 0. The Balaban J connectivity index is 3.63. The van der Waals surface area contributed by atoms with Crippen LogP contribution >= 0.6 is 0 Å². The first-order valence-electron chi connectivity index (χ1n) is 3.34. The summed E-state index contributed by atoms with van der Waals surface area (Å²) in [7, 11) is -4.43. The third kappa shape index (κ3) is 1.82. The normalized spacial score (nSPS) is 11.4. The van der Waals surface area contributed by atoms with E-state index in [1.54, 1.807) is 0 Å². The molecule has 0 aliphatic heterocycles. The average molecular weight is 226 g/mol. The molecule has 0 saturated carbocycles. The highest BCUT2D eigenvalue weighted by Crippen LogP contribution is 2.30. The maximum absolute atomic E-state index is 12.8. The molecule has 0 aliphatic carbocycles. The van der Waals surface area contributed by atoms with Crippen LogP contribution in [0.15, 0.2) is 17.0 Å². The van der Waals surface area contributed by atoms with Gasteiger partial charge in [-0.15, -0.1) is 3.89 Å². The lowest BCUT2D eigenvalue weighted by atomic mass is 10.3. The van der Waals surface area contributed by atoms with Crippen LogP contribution in [0.3, 0.4) is 0 Å². The lowest BCUT2D eigenvalue weighted by Gasteiger charge is -2.06. The number of rotatable bonds is 2. The fourth-order valence-electron chi connectivity index (χ4n) is 0.932. The van der Waals surface area contributed by atoms with E-state index in [4.69, 9.17) is 0 Å². The fourth-order valence-corrected chi connectivity index (χ4v) is 1.64. The van der Waals surface area contributed by atoms with Gasteiger partial charge in [0.2, 0.25) is 0 Å². The third-order valence-corrected chi connectivity index (χ3v) is 2.33. The highest BCUT2D eigenvalue weighted by Gasteiger charge is 2.26. The van der Waals surface area contributed by atoms with E-state index in [1.165, 1.54) is 0 Å². The van der Waals surface area contributed by atoms with E-state index < -0.39 is 32.5 Å². The van der Waals surface area contributed by atoms with Crippen LogP contribution < -0.4 is 4.74 Å². The number of benzene rings is 1. The molecule has 78 valence electrons. The predicted octanol–water partition coefficient (Wildman–Crippen LogP) is 1.63. The summed E-state index contributed by atoms with van der Waals surface area (Å²) in [5.41, 5.74) is 0. The highest BCUT2D eigenvalue weighted by molar-refractivity contribution is 7.86. The van der Waals surface area contributed by atoms with E-state index in [9.17, 15) is 21.1 Å². The van der Waals surface area contributed by atoms with E-state index in [-0.39, 0.29) is 0 Å². The summed E-state index contributed by atoms with van der Waals surface area (Å²) in [6, 6.07) is 1.15. The molecule has 14 heavy (non-hydrogen) atoms. The van der Waals surface area contributed by atoms with Gasteiger partial charge in [0.25, 0.3) is 0 Å². The zero-order chi connectivity index (χ0) is 10.9. The molecule has 0 amide bonds. The molecule has 1 rings (SSSR count). The van der Waals surface area contributed by atoms with Crippen molar-refractivity contribution in [3.8, 4) is 5.75 Å². The summed E-state index contributed by atoms with van der Waals surface area (Å²) < 4.78 is 63.3. The second-order valence-corrected chi connectivity index (χ2v) is 3.61. The monoisotopic (exact) mass is 226 g/mol. The van der Waals surface area contributed by atoms with Crippen LogP contribution in [-0.2, 0) is 10.2 Å². The number of hydrogen-bond donors (Lipinski definition) is 0. The molecule has 1 aromatic carbocycles. The van der Waals surface area contributed by atoms with E-state index in [2.05, 4.69) is 4.74 Å². The molecule has 0 aromatic heterocycles. The Bertz CT molecular complexity index is 455. The van der Waals surface area contributed by atoms with Crippen molar-refractivity contribution in [2.75, 3.05) is 7.11 Å². The second kappa shape index (κ2) is 3.49. The molecule has 0 atom stereocenters. The fraction of sp³-hybridized carbons (Fsp3) is 0.143. The van der Waals surface area contributed by atoms with Crippen molar-refractivity contribution in [2.24, 2.45) is 0 Å². The first-order chi connectivity index (χ1) is 6.38. The Morgan fingerprint density at radius 2 is 1.71 bits per heavy atom. The molecular formula is C7H5F3O3S. The molecule has 3 nitrogen and oxygen atoms in total. The van der Waals surface area contributed by atoms with Crippen LogP contribution in [0.25, 0.3) is 0 Å². The van der Waals surface area contributed by atoms with Gasteiger partial charge in [-0.05, 0) is 12.1 Å². The van der Waals surface area contributed by atoms with Crippen molar-refractivity contribution in [3.63, 3.8) is 0 Å². The van der Waals surface area contributed by atoms with Gasteiger partial charge in [0, 0.05) is 0 Å². The number of ether oxygens (including phenoxy) is 1. The molecule has 0 aliphatic rings. The van der Waals surface area contributed by atoms with E-state index in [1.807, 2.05) is 0 Å². The Kier molecular flexibility index (Phi) is 2.70. The number of hydrogen-bond acceptors (Lipinski definition) is 3. The Hall–Kier alpha value is -1.24. The smallest absolute Gasteiger partial charge is 0.338 e. The lowest BCUT2D eigenvalue weighted by Crippen LogP contribution is -2.02. The first-order valence-corrected chi connectivity index (χ1v) is 4.73. The molecule has 0 spiro atoms. The van der Waals surface area contributed by atoms with Crippen LogP contribution in [0.4, 0.5) is 12.7 Å². The number of methoxy groups -OCH3 is 1. The first kappa shape index (κ1) is 10.8. The molecular weight excluding hydrogens is 221 g/mol. The Labute approximate surface area is 78.3 Å². The van der Waals surface area contributed by atoms with E-state index >= 15 is 0 Å². The van der Waals surface area contributed by atoms with Crippen LogP contribution in [-0.4, -0.2) is 15.5 Å². The van der Waals surface area contributed by atoms with Crippen LogP contribution in [0, 0.1) is 11.6 Å². The molecule has 0 bridgehead atoms. The van der Waals surface area contributed by atoms with Gasteiger partial charge in [0.15, 0.2) is 16.5 Å². The average Bonchev–Trinajstić information content (AvgIpc) is 2.06. The summed E-state index contributed by atoms with van der Waals surface area (Å²) in [6.07, 6.45) is 0. The Morgan fingerprint density at radius 3 is 2.07 bits per heavy atom. The number of halogens is 3. The maximum atomic E-state index is 12.8. The third-order valence-electron chi connectivity index (χ3n) is 1.46. The van der Waals surface area contributed by atoms with Gasteiger partial charge in [-0.3, -0.25) is 0 Å². The second-order valence-electron chi connectivity index (χ2n) is 2.33. The zero-order valence-corrected chi connectivity index (χ0v) is 7.74. The summed E-state index contributed by atoms with van der Waals surface area (Å²) in [5.74, 6) is -3.51. The minimum Gasteiger partial charge on any atom is -0.492 e. The maximum Gasteiger partial charge on any atom is 0.338 e. The molecule has 0 radical (unpaired) electrons. The molecule has 0 unspecified atom stereocenters. The standard InChI is InChI=1S/C7H5F3O3S/c1-13-6-4(8)2-3-5(9)7(6)14(10,11)12/h2-3H,1H3. The van der Waals surface area contributed by atoms with Gasteiger partial charge in [-0.25, -0.2) is 8.78 Å². The summed E-state index contributed by atoms with van der Waals surface area (Å²) in [4.78, 5) is -1.42. The molecule has 7 heteroatoms. The lowest BCUT2D eigenvalue weighted by molar-refractivity contribution is 0.364. The van der Waals surface area contributed by atoms with Gasteiger partial charge < -0.3 is 4.74 Å². The predicted molar refractivity (Wildman–Crippen MR) is 41.2 cm³/mol. The zero-order valence-electron chi connectivity index (χ0n) is 6.92. The summed E-state index contributed by atoms with van der Waals surface area (Å²) in [6.45, 7) is 0. The molecule has 0 N–H and O–H groups in total. The van der Waals surface area contributed by atoms with Gasteiger partial charge in [-0.2, -0.15) is 8.42 Å². The van der Waals surface area contributed by atoms with Gasteiger partial charge in [-0.1, -0.05) is 0 Å².